The predicted octanol–water partition coefficient (Wildman–Crippen LogP) is 4.62. The molecule has 5 rings (SSSR count). The molecule has 0 fully saturated rings. The van der Waals surface area contributed by atoms with Gasteiger partial charge in [0.1, 0.15) is 5.60 Å². The molecule has 0 radical (unpaired) electrons. The van der Waals surface area contributed by atoms with Crippen LogP contribution in [0.1, 0.15) is 58.2 Å². The largest absolute Gasteiger partial charge is 0.444 e. The summed E-state index contributed by atoms with van der Waals surface area (Å²) in [6.07, 6.45) is 1.06. The van der Waals surface area contributed by atoms with E-state index < -0.39 is 39.6 Å². The quantitative estimate of drug-likeness (QED) is 0.312. The number of fused-ring (bicyclic) bond motifs is 2. The zero-order chi connectivity index (χ0) is 30.4. The van der Waals surface area contributed by atoms with E-state index in [9.17, 15) is 22.8 Å². The number of rotatable bonds is 7. The highest BCUT2D eigenvalue weighted by atomic mass is 32.2. The maximum Gasteiger partial charge on any atom is 0.407 e. The van der Waals surface area contributed by atoms with E-state index in [4.69, 9.17) is 4.74 Å². The lowest BCUT2D eigenvalue weighted by atomic mass is 9.98. The molecule has 0 saturated heterocycles. The van der Waals surface area contributed by atoms with E-state index in [0.717, 1.165) is 25.7 Å². The number of ether oxygens (including phenoxy) is 1. The van der Waals surface area contributed by atoms with E-state index in [1.807, 2.05) is 13.8 Å². The van der Waals surface area contributed by atoms with Crippen LogP contribution in [-0.4, -0.2) is 58.6 Å². The Morgan fingerprint density at radius 3 is 2.17 bits per heavy atom. The molecule has 42 heavy (non-hydrogen) atoms. The number of benzene rings is 3. The zero-order valence-electron chi connectivity index (χ0n) is 24.0. The highest BCUT2D eigenvalue weighted by molar-refractivity contribution is 7.90. The number of alkyl carbamates (subject to hydrolysis) is 1. The second-order valence-electron chi connectivity index (χ2n) is 11.4. The lowest BCUT2D eigenvalue weighted by Gasteiger charge is -2.26. The maximum absolute atomic E-state index is 13.3. The van der Waals surface area contributed by atoms with Crippen molar-refractivity contribution < 1.29 is 27.5 Å². The Kier molecular flexibility index (Phi) is 7.40. The van der Waals surface area contributed by atoms with Gasteiger partial charge in [-0.2, -0.15) is 17.6 Å². The number of hydrogen-bond donors (Lipinski definition) is 1. The molecule has 0 aliphatic carbocycles. The van der Waals surface area contributed by atoms with Crippen LogP contribution in [0.25, 0.3) is 10.9 Å². The summed E-state index contributed by atoms with van der Waals surface area (Å²) < 4.78 is 33.2. The highest BCUT2D eigenvalue weighted by Gasteiger charge is 2.37. The van der Waals surface area contributed by atoms with Gasteiger partial charge in [-0.25, -0.2) is 4.79 Å². The second-order valence-corrected chi connectivity index (χ2v) is 13.2. The number of nitrogens with zero attached hydrogens (tertiary/aromatic N) is 3. The minimum Gasteiger partial charge on any atom is -0.444 e. The number of amides is 3. The van der Waals surface area contributed by atoms with E-state index in [1.54, 1.807) is 81.4 Å². The smallest absolute Gasteiger partial charge is 0.407 e. The summed E-state index contributed by atoms with van der Waals surface area (Å²) in [5, 5.41) is 7.65. The molecule has 11 heteroatoms. The van der Waals surface area contributed by atoms with Gasteiger partial charge in [-0.1, -0.05) is 35.9 Å². The Bertz CT molecular complexity index is 1790. The first kappa shape index (κ1) is 29.0. The Balaban J connectivity index is 1.46. The molecule has 0 spiro atoms. The van der Waals surface area contributed by atoms with Gasteiger partial charge in [0.25, 0.3) is 21.8 Å². The second kappa shape index (κ2) is 10.7. The van der Waals surface area contributed by atoms with Crippen LogP contribution in [0, 0.1) is 13.8 Å². The van der Waals surface area contributed by atoms with Crippen molar-refractivity contribution in [3.63, 3.8) is 0 Å². The summed E-state index contributed by atoms with van der Waals surface area (Å²) in [6, 6.07) is 15.9. The van der Waals surface area contributed by atoms with Crippen molar-refractivity contribution in [3.8, 4) is 0 Å². The van der Waals surface area contributed by atoms with Gasteiger partial charge in [0.05, 0.1) is 40.3 Å². The fourth-order valence-electron chi connectivity index (χ4n) is 5.01. The molecule has 0 bridgehead atoms. The first-order chi connectivity index (χ1) is 19.8. The summed E-state index contributed by atoms with van der Waals surface area (Å²) in [5.41, 5.74) is 2.78. The van der Waals surface area contributed by atoms with Gasteiger partial charge in [0, 0.05) is 5.39 Å². The van der Waals surface area contributed by atoms with Crippen LogP contribution in [0.2, 0.25) is 0 Å². The van der Waals surface area contributed by atoms with E-state index in [2.05, 4.69) is 10.4 Å². The first-order valence-corrected chi connectivity index (χ1v) is 14.9. The minimum absolute atomic E-state index is 0.0792. The van der Waals surface area contributed by atoms with Crippen LogP contribution < -0.4 is 5.32 Å². The van der Waals surface area contributed by atoms with Crippen molar-refractivity contribution in [2.75, 3.05) is 6.54 Å². The van der Waals surface area contributed by atoms with Crippen LogP contribution in [-0.2, 0) is 21.2 Å². The molecule has 1 aliphatic heterocycles. The standard InChI is InChI=1S/C31H32N4O6S/c1-19-10-13-23(14-11-19)42(39,40)35-27-15-12-21(20(2)26(27)17-32-35)16-22(33-30(38)41-31(3,4)5)18-34-28(36)24-8-6-7-9-25(24)29(34)37/h6-15,17,22H,16,18H2,1-5H3,(H,33,38). The van der Waals surface area contributed by atoms with Gasteiger partial charge in [-0.05, 0) is 82.5 Å². The van der Waals surface area contributed by atoms with Gasteiger partial charge in [0.15, 0.2) is 0 Å². The number of nitrogens with one attached hydrogen (secondary N) is 1. The summed E-state index contributed by atoms with van der Waals surface area (Å²) in [6.45, 7) is 8.87. The highest BCUT2D eigenvalue weighted by Crippen LogP contribution is 2.27. The van der Waals surface area contributed by atoms with E-state index in [0.29, 0.717) is 22.0 Å². The average molecular weight is 589 g/mol. The topological polar surface area (TPSA) is 128 Å². The van der Waals surface area contributed by atoms with E-state index in [1.165, 1.54) is 6.20 Å². The number of carbonyl (C=O) groups excluding carboxylic acids is 3. The molecular formula is C31H32N4O6S. The average Bonchev–Trinajstić information content (AvgIpc) is 3.46. The monoisotopic (exact) mass is 588 g/mol. The van der Waals surface area contributed by atoms with E-state index >= 15 is 0 Å². The zero-order valence-corrected chi connectivity index (χ0v) is 24.9. The van der Waals surface area contributed by atoms with Gasteiger partial charge in [-0.15, -0.1) is 0 Å². The molecule has 1 aliphatic rings. The van der Waals surface area contributed by atoms with Crippen LogP contribution in [0.15, 0.2) is 71.8 Å². The van der Waals surface area contributed by atoms with Gasteiger partial charge in [-0.3, -0.25) is 14.5 Å². The molecule has 1 unspecified atom stereocenters. The Morgan fingerprint density at radius 2 is 1.57 bits per heavy atom. The molecule has 0 saturated carbocycles. The molecule has 2 heterocycles. The van der Waals surface area contributed by atoms with Gasteiger partial charge >= 0.3 is 6.09 Å². The Hall–Kier alpha value is -4.51. The Morgan fingerprint density at radius 1 is 0.952 bits per heavy atom. The van der Waals surface area contributed by atoms with Crippen molar-refractivity contribution in [2.45, 2.75) is 57.6 Å². The summed E-state index contributed by atoms with van der Waals surface area (Å²) in [5.74, 6) is -0.859. The normalized spacial score (nSPS) is 14.3. The first-order valence-electron chi connectivity index (χ1n) is 13.5. The molecule has 1 atom stereocenters. The maximum atomic E-state index is 13.3. The van der Waals surface area contributed by atoms with Crippen LogP contribution in [0.5, 0.6) is 0 Å². The van der Waals surface area contributed by atoms with Gasteiger partial charge in [0.2, 0.25) is 0 Å². The molecule has 1 N–H and O–H groups in total. The SMILES string of the molecule is Cc1ccc(S(=O)(=O)n2ncc3c(C)c(CC(CN4C(=O)c5ccccc5C4=O)NC(=O)OC(C)(C)C)ccc32)cc1. The summed E-state index contributed by atoms with van der Waals surface area (Å²) >= 11 is 0. The fraction of sp³-hybridized carbons (Fsp3) is 0.290. The van der Waals surface area contributed by atoms with Crippen LogP contribution in [0.4, 0.5) is 4.79 Å². The van der Waals surface area contributed by atoms with Crippen LogP contribution >= 0.6 is 0 Å². The minimum atomic E-state index is -3.93. The molecule has 3 aromatic carbocycles. The molecule has 1 aromatic heterocycles. The molecule has 10 nitrogen and oxygen atoms in total. The lowest BCUT2D eigenvalue weighted by molar-refractivity contribution is 0.0468. The fourth-order valence-corrected chi connectivity index (χ4v) is 6.28. The van der Waals surface area contributed by atoms with Crippen molar-refractivity contribution in [1.82, 2.24) is 19.4 Å². The molecular weight excluding hydrogens is 556 g/mol. The third-order valence-corrected chi connectivity index (χ3v) is 8.73. The summed E-state index contributed by atoms with van der Waals surface area (Å²) in [4.78, 5) is 40.2. The third kappa shape index (κ3) is 5.52. The third-order valence-electron chi connectivity index (χ3n) is 7.12. The van der Waals surface area contributed by atoms with Crippen molar-refractivity contribution >= 4 is 38.8 Å². The molecule has 4 aromatic rings. The summed E-state index contributed by atoms with van der Waals surface area (Å²) in [7, 11) is -3.93. The van der Waals surface area contributed by atoms with Crippen LogP contribution in [0.3, 0.4) is 0 Å². The number of aromatic nitrogens is 2. The van der Waals surface area contributed by atoms with Crippen molar-refractivity contribution in [1.29, 1.82) is 0 Å². The van der Waals surface area contributed by atoms with Crippen molar-refractivity contribution in [2.24, 2.45) is 0 Å². The molecule has 3 amide bonds. The number of hydrogen-bond acceptors (Lipinski definition) is 7. The van der Waals surface area contributed by atoms with E-state index in [-0.39, 0.29) is 17.9 Å². The van der Waals surface area contributed by atoms with Gasteiger partial charge < -0.3 is 10.1 Å². The lowest BCUT2D eigenvalue weighted by Crippen LogP contribution is -2.48. The number of aryl methyl sites for hydroxylation is 2. The number of imide groups is 1. The predicted molar refractivity (Wildman–Crippen MR) is 157 cm³/mol. The Labute approximate surface area is 244 Å². The van der Waals surface area contributed by atoms with Crippen molar-refractivity contribution in [3.05, 3.63) is 94.7 Å². The molecule has 218 valence electrons. The number of carbonyl (C=O) groups is 3.